The number of aromatic amines is 1. The number of benzene rings is 2. The molecule has 0 atom stereocenters. The van der Waals surface area contributed by atoms with Crippen LogP contribution < -0.4 is 20.7 Å². The number of amides is 1. The summed E-state index contributed by atoms with van der Waals surface area (Å²) in [4.78, 5) is 22.7. The van der Waals surface area contributed by atoms with E-state index in [2.05, 4.69) is 30.9 Å². The number of methoxy groups -OCH3 is 1. The van der Waals surface area contributed by atoms with E-state index >= 15 is 0 Å². The summed E-state index contributed by atoms with van der Waals surface area (Å²) in [5.74, 6) is -0.845. The number of anilines is 4. The molecule has 2 heterocycles. The monoisotopic (exact) mass is 500 g/mol. The van der Waals surface area contributed by atoms with E-state index in [0.717, 1.165) is 6.42 Å². The van der Waals surface area contributed by atoms with Crippen LogP contribution in [0, 0.1) is 0 Å². The predicted molar refractivity (Wildman–Crippen MR) is 129 cm³/mol. The van der Waals surface area contributed by atoms with Gasteiger partial charge in [0, 0.05) is 29.9 Å². The minimum Gasteiger partial charge on any atom is -0.495 e. The van der Waals surface area contributed by atoms with Crippen molar-refractivity contribution in [3.8, 4) is 11.6 Å². The van der Waals surface area contributed by atoms with Gasteiger partial charge in [0.25, 0.3) is 5.91 Å². The number of fused-ring (bicyclic) bond motifs is 1. The van der Waals surface area contributed by atoms with Gasteiger partial charge in [0.05, 0.1) is 23.9 Å². The molecular formula is C24H23F3N6O3. The number of nitrogens with one attached hydrogen (secondary N) is 4. The van der Waals surface area contributed by atoms with Gasteiger partial charge in [-0.1, -0.05) is 19.1 Å². The van der Waals surface area contributed by atoms with Crippen LogP contribution in [0.1, 0.15) is 29.3 Å². The van der Waals surface area contributed by atoms with Crippen LogP contribution in [0.2, 0.25) is 0 Å². The van der Waals surface area contributed by atoms with Gasteiger partial charge in [0.2, 0.25) is 5.95 Å². The fourth-order valence-corrected chi connectivity index (χ4v) is 3.55. The number of hydrogen-bond acceptors (Lipinski definition) is 7. The van der Waals surface area contributed by atoms with Gasteiger partial charge in [-0.3, -0.25) is 4.79 Å². The van der Waals surface area contributed by atoms with E-state index in [9.17, 15) is 23.1 Å². The molecule has 0 aliphatic heterocycles. The lowest BCUT2D eigenvalue weighted by Gasteiger charge is -2.16. The summed E-state index contributed by atoms with van der Waals surface area (Å²) in [6, 6.07) is 9.46. The standard InChI is InChI=1S/C24H23F3N6O3/c1-3-9-28-21(34)13-7-8-16(18(10-13)36-2)32-23-30-12-15(24(25,26)27)20(33-23)31-17-6-4-5-14-11-29-22(35)19(14)17/h4-8,10-12,29,35H,3,9H2,1-2H3,(H,28,34)(H2,30,31,32,33). The highest BCUT2D eigenvalue weighted by molar-refractivity contribution is 5.99. The van der Waals surface area contributed by atoms with Crippen LogP contribution in [0.25, 0.3) is 10.8 Å². The largest absolute Gasteiger partial charge is 0.495 e. The van der Waals surface area contributed by atoms with Crippen molar-refractivity contribution in [3.05, 3.63) is 59.9 Å². The molecule has 2 aromatic heterocycles. The van der Waals surface area contributed by atoms with Crippen molar-refractivity contribution in [1.29, 1.82) is 0 Å². The van der Waals surface area contributed by atoms with E-state index in [-0.39, 0.29) is 29.2 Å². The molecule has 0 aliphatic rings. The van der Waals surface area contributed by atoms with Crippen molar-refractivity contribution in [2.45, 2.75) is 19.5 Å². The Balaban J connectivity index is 1.68. The quantitative estimate of drug-likeness (QED) is 0.222. The van der Waals surface area contributed by atoms with Gasteiger partial charge >= 0.3 is 6.18 Å². The van der Waals surface area contributed by atoms with Gasteiger partial charge in [-0.05, 0) is 30.7 Å². The maximum atomic E-state index is 13.7. The van der Waals surface area contributed by atoms with Crippen molar-refractivity contribution >= 4 is 39.8 Å². The Morgan fingerprint density at radius 2 is 1.97 bits per heavy atom. The number of ether oxygens (including phenoxy) is 1. The van der Waals surface area contributed by atoms with Crippen molar-refractivity contribution in [2.75, 3.05) is 24.3 Å². The number of hydrogen-bond donors (Lipinski definition) is 5. The number of aromatic nitrogens is 3. The van der Waals surface area contributed by atoms with Crippen LogP contribution >= 0.6 is 0 Å². The molecule has 0 fully saturated rings. The normalized spacial score (nSPS) is 11.4. The number of H-pyrrole nitrogens is 1. The molecule has 188 valence electrons. The molecule has 9 nitrogen and oxygen atoms in total. The molecule has 36 heavy (non-hydrogen) atoms. The first-order valence-electron chi connectivity index (χ1n) is 10.9. The van der Waals surface area contributed by atoms with Crippen molar-refractivity contribution < 1.29 is 27.8 Å². The number of aromatic hydroxyl groups is 1. The lowest BCUT2D eigenvalue weighted by atomic mass is 10.1. The van der Waals surface area contributed by atoms with E-state index < -0.39 is 17.6 Å². The minimum absolute atomic E-state index is 0.141. The molecule has 1 amide bonds. The second-order valence-electron chi connectivity index (χ2n) is 7.78. The summed E-state index contributed by atoms with van der Waals surface area (Å²) in [7, 11) is 1.40. The topological polar surface area (TPSA) is 124 Å². The maximum Gasteiger partial charge on any atom is 0.421 e. The molecule has 4 aromatic rings. The Hall–Kier alpha value is -4.48. The third-order valence-corrected chi connectivity index (χ3v) is 5.29. The molecule has 0 saturated heterocycles. The van der Waals surface area contributed by atoms with Crippen LogP contribution in [-0.4, -0.2) is 39.6 Å². The number of alkyl halides is 3. The van der Waals surface area contributed by atoms with E-state index in [0.29, 0.717) is 34.8 Å². The number of nitrogens with zero attached hydrogens (tertiary/aromatic N) is 2. The summed E-state index contributed by atoms with van der Waals surface area (Å²) in [5.41, 5.74) is -0.155. The van der Waals surface area contributed by atoms with Crippen molar-refractivity contribution in [2.24, 2.45) is 0 Å². The van der Waals surface area contributed by atoms with E-state index in [1.54, 1.807) is 24.3 Å². The molecule has 5 N–H and O–H groups in total. The number of carbonyl (C=O) groups excluding carboxylic acids is 1. The van der Waals surface area contributed by atoms with Gasteiger partial charge in [-0.25, -0.2) is 4.98 Å². The SMILES string of the molecule is CCCNC(=O)c1ccc(Nc2ncc(C(F)(F)F)c(Nc3cccc4c[nH]c(O)c34)n2)c(OC)c1. The summed E-state index contributed by atoms with van der Waals surface area (Å²) < 4.78 is 46.5. The van der Waals surface area contributed by atoms with Gasteiger partial charge in [-0.2, -0.15) is 18.2 Å². The highest BCUT2D eigenvalue weighted by Crippen LogP contribution is 2.38. The number of rotatable bonds is 8. The van der Waals surface area contributed by atoms with Crippen LogP contribution in [0.3, 0.4) is 0 Å². The number of carbonyl (C=O) groups is 1. The maximum absolute atomic E-state index is 13.7. The third-order valence-electron chi connectivity index (χ3n) is 5.29. The lowest BCUT2D eigenvalue weighted by molar-refractivity contribution is -0.137. The van der Waals surface area contributed by atoms with Crippen molar-refractivity contribution in [3.63, 3.8) is 0 Å². The van der Waals surface area contributed by atoms with Crippen molar-refractivity contribution in [1.82, 2.24) is 20.3 Å². The van der Waals surface area contributed by atoms with E-state index in [1.165, 1.54) is 25.4 Å². The van der Waals surface area contributed by atoms with Crippen LogP contribution in [-0.2, 0) is 6.18 Å². The number of halogens is 3. The molecule has 4 rings (SSSR count). The first-order valence-corrected chi connectivity index (χ1v) is 10.9. The Kier molecular flexibility index (Phi) is 6.86. The smallest absolute Gasteiger partial charge is 0.421 e. The fourth-order valence-electron chi connectivity index (χ4n) is 3.55. The predicted octanol–water partition coefficient (Wildman–Crippen LogP) is 5.32. The summed E-state index contributed by atoms with van der Waals surface area (Å²) in [6.45, 7) is 2.45. The second kappa shape index (κ2) is 10.0. The van der Waals surface area contributed by atoms with Gasteiger partial charge in [0.15, 0.2) is 5.88 Å². The molecule has 0 saturated carbocycles. The Morgan fingerprint density at radius 3 is 2.69 bits per heavy atom. The Morgan fingerprint density at radius 1 is 1.17 bits per heavy atom. The highest BCUT2D eigenvalue weighted by Gasteiger charge is 2.35. The molecule has 2 aromatic carbocycles. The lowest BCUT2D eigenvalue weighted by Crippen LogP contribution is -2.23. The summed E-state index contributed by atoms with van der Waals surface area (Å²) in [6.07, 6.45) is -1.76. The third kappa shape index (κ3) is 5.11. The molecule has 0 spiro atoms. The average molecular weight is 500 g/mol. The first kappa shape index (κ1) is 24.6. The first-order chi connectivity index (χ1) is 17.2. The Bertz CT molecular complexity index is 1400. The molecule has 0 radical (unpaired) electrons. The Labute approximate surface area is 203 Å². The van der Waals surface area contributed by atoms with E-state index in [1.807, 2.05) is 6.92 Å². The highest BCUT2D eigenvalue weighted by atomic mass is 19.4. The van der Waals surface area contributed by atoms with Gasteiger partial charge < -0.3 is 30.8 Å². The molecule has 0 aliphatic carbocycles. The second-order valence-corrected chi connectivity index (χ2v) is 7.78. The molecule has 0 bridgehead atoms. The van der Waals surface area contributed by atoms with Gasteiger partial charge in [-0.15, -0.1) is 0 Å². The van der Waals surface area contributed by atoms with Crippen LogP contribution in [0.4, 0.5) is 36.3 Å². The zero-order chi connectivity index (χ0) is 25.9. The van der Waals surface area contributed by atoms with Crippen LogP contribution in [0.5, 0.6) is 11.6 Å². The van der Waals surface area contributed by atoms with Gasteiger partial charge in [0.1, 0.15) is 17.1 Å². The van der Waals surface area contributed by atoms with Crippen LogP contribution in [0.15, 0.2) is 48.8 Å². The zero-order valence-electron chi connectivity index (χ0n) is 19.3. The summed E-state index contributed by atoms with van der Waals surface area (Å²) in [5, 5.41) is 19.3. The fraction of sp³-hybridized carbons (Fsp3) is 0.208. The average Bonchev–Trinajstić information content (AvgIpc) is 3.24. The van der Waals surface area contributed by atoms with E-state index in [4.69, 9.17) is 4.74 Å². The summed E-state index contributed by atoms with van der Waals surface area (Å²) >= 11 is 0. The molecule has 0 unspecified atom stereocenters. The minimum atomic E-state index is -4.74. The zero-order valence-corrected chi connectivity index (χ0v) is 19.3. The molecular weight excluding hydrogens is 477 g/mol. The molecule has 12 heteroatoms.